The number of ether oxygens (including phenoxy) is 2. The molecule has 1 aromatic carbocycles. The van der Waals surface area contributed by atoms with Gasteiger partial charge in [0.05, 0.1) is 19.6 Å². The Hall–Kier alpha value is -1.92. The molecule has 6 nitrogen and oxygen atoms in total. The van der Waals surface area contributed by atoms with Gasteiger partial charge in [0, 0.05) is 38.2 Å². The average Bonchev–Trinajstić information content (AvgIpc) is 3.05. The van der Waals surface area contributed by atoms with E-state index in [-0.39, 0.29) is 11.8 Å². The van der Waals surface area contributed by atoms with Gasteiger partial charge in [0.1, 0.15) is 0 Å². The Labute approximate surface area is 129 Å². The first-order chi connectivity index (χ1) is 10.5. The molecule has 2 amide bonds. The van der Waals surface area contributed by atoms with Crippen molar-refractivity contribution in [1.29, 1.82) is 0 Å². The summed E-state index contributed by atoms with van der Waals surface area (Å²) in [4.78, 5) is 24.5. The van der Waals surface area contributed by atoms with Crippen molar-refractivity contribution in [1.82, 2.24) is 5.32 Å². The van der Waals surface area contributed by atoms with E-state index in [1.807, 2.05) is 18.2 Å². The quantitative estimate of drug-likeness (QED) is 0.898. The standard InChI is InChI=1S/C16H20N2O4/c1-11(19)17-6-5-16(21-7-8-22-16)13-3-4-14-12(9-13)10-15(20)18(14)2/h3-4,9H,5-8,10H2,1-2H3,(H,17,19). The third-order valence-corrected chi connectivity index (χ3v) is 4.18. The molecule has 22 heavy (non-hydrogen) atoms. The highest BCUT2D eigenvalue weighted by Gasteiger charge is 2.39. The molecular formula is C16H20N2O4. The fraction of sp³-hybridized carbons (Fsp3) is 0.500. The summed E-state index contributed by atoms with van der Waals surface area (Å²) in [6.45, 7) is 3.01. The lowest BCUT2D eigenvalue weighted by Crippen LogP contribution is -2.33. The predicted molar refractivity (Wildman–Crippen MR) is 80.4 cm³/mol. The number of nitrogens with zero attached hydrogens (tertiary/aromatic N) is 1. The zero-order valence-electron chi connectivity index (χ0n) is 12.8. The molecule has 1 fully saturated rings. The molecule has 0 atom stereocenters. The van der Waals surface area contributed by atoms with Crippen LogP contribution in [-0.2, 0) is 31.3 Å². The molecule has 0 radical (unpaired) electrons. The van der Waals surface area contributed by atoms with E-state index in [4.69, 9.17) is 9.47 Å². The number of hydrogen-bond donors (Lipinski definition) is 1. The van der Waals surface area contributed by atoms with Gasteiger partial charge in [-0.3, -0.25) is 9.59 Å². The summed E-state index contributed by atoms with van der Waals surface area (Å²) in [7, 11) is 1.78. The number of benzene rings is 1. The van der Waals surface area contributed by atoms with Crippen LogP contribution in [0.1, 0.15) is 24.5 Å². The van der Waals surface area contributed by atoms with Crippen LogP contribution in [0.5, 0.6) is 0 Å². The van der Waals surface area contributed by atoms with Crippen LogP contribution in [0.3, 0.4) is 0 Å². The van der Waals surface area contributed by atoms with Gasteiger partial charge in [0.2, 0.25) is 11.8 Å². The van der Waals surface area contributed by atoms with Crippen molar-refractivity contribution in [3.8, 4) is 0 Å². The lowest BCUT2D eigenvalue weighted by atomic mass is 9.98. The van der Waals surface area contributed by atoms with Crippen molar-refractivity contribution in [2.45, 2.75) is 25.6 Å². The number of anilines is 1. The number of nitrogens with one attached hydrogen (secondary N) is 1. The Morgan fingerprint density at radius 1 is 1.36 bits per heavy atom. The highest BCUT2D eigenvalue weighted by Crippen LogP contribution is 2.38. The van der Waals surface area contributed by atoms with Gasteiger partial charge in [-0.05, 0) is 17.7 Å². The van der Waals surface area contributed by atoms with Gasteiger partial charge in [-0.25, -0.2) is 0 Å². The Morgan fingerprint density at radius 2 is 2.09 bits per heavy atom. The third kappa shape index (κ3) is 2.60. The first-order valence-electron chi connectivity index (χ1n) is 7.44. The lowest BCUT2D eigenvalue weighted by Gasteiger charge is -2.28. The van der Waals surface area contributed by atoms with E-state index < -0.39 is 5.79 Å². The molecule has 0 aliphatic carbocycles. The minimum Gasteiger partial charge on any atom is -0.356 e. The van der Waals surface area contributed by atoms with Crippen LogP contribution in [0.2, 0.25) is 0 Å². The summed E-state index contributed by atoms with van der Waals surface area (Å²) < 4.78 is 11.7. The molecule has 1 saturated heterocycles. The lowest BCUT2D eigenvalue weighted by molar-refractivity contribution is -0.170. The number of rotatable bonds is 4. The smallest absolute Gasteiger partial charge is 0.231 e. The first kappa shape index (κ1) is 15.0. The average molecular weight is 304 g/mol. The molecule has 118 valence electrons. The minimum absolute atomic E-state index is 0.0747. The van der Waals surface area contributed by atoms with Crippen LogP contribution in [0.4, 0.5) is 5.69 Å². The van der Waals surface area contributed by atoms with E-state index in [1.54, 1.807) is 11.9 Å². The summed E-state index contributed by atoms with van der Waals surface area (Å²) in [6.07, 6.45) is 0.941. The Balaban J connectivity index is 1.85. The second kappa shape index (κ2) is 5.70. The normalized spacial score (nSPS) is 19.4. The van der Waals surface area contributed by atoms with E-state index in [0.717, 1.165) is 16.8 Å². The van der Waals surface area contributed by atoms with Crippen molar-refractivity contribution in [2.24, 2.45) is 0 Å². The largest absolute Gasteiger partial charge is 0.356 e. The number of hydrogen-bond acceptors (Lipinski definition) is 4. The van der Waals surface area contributed by atoms with E-state index in [2.05, 4.69) is 5.32 Å². The third-order valence-electron chi connectivity index (χ3n) is 4.18. The summed E-state index contributed by atoms with van der Waals surface area (Å²) in [5, 5.41) is 2.77. The highest BCUT2D eigenvalue weighted by molar-refractivity contribution is 6.00. The van der Waals surface area contributed by atoms with Crippen LogP contribution in [0.25, 0.3) is 0 Å². The molecule has 2 aliphatic heterocycles. The SMILES string of the molecule is CC(=O)NCCC1(c2ccc3c(c2)CC(=O)N3C)OCCO1. The number of carbonyl (C=O) groups excluding carboxylic acids is 2. The molecule has 1 N–H and O–H groups in total. The second-order valence-electron chi connectivity index (χ2n) is 5.66. The van der Waals surface area contributed by atoms with Crippen LogP contribution in [0.15, 0.2) is 18.2 Å². The van der Waals surface area contributed by atoms with Gasteiger partial charge >= 0.3 is 0 Å². The van der Waals surface area contributed by atoms with Crippen molar-refractivity contribution < 1.29 is 19.1 Å². The van der Waals surface area contributed by atoms with E-state index in [0.29, 0.717) is 32.6 Å². The maximum Gasteiger partial charge on any atom is 0.231 e. The Bertz CT molecular complexity index is 608. The number of amides is 2. The van der Waals surface area contributed by atoms with Crippen LogP contribution in [0, 0.1) is 0 Å². The molecule has 2 aliphatic rings. The van der Waals surface area contributed by atoms with Crippen molar-refractivity contribution >= 4 is 17.5 Å². The van der Waals surface area contributed by atoms with E-state index in [9.17, 15) is 9.59 Å². The molecule has 0 aromatic heterocycles. The fourth-order valence-electron chi connectivity index (χ4n) is 3.02. The fourth-order valence-corrected chi connectivity index (χ4v) is 3.02. The minimum atomic E-state index is -0.832. The van der Waals surface area contributed by atoms with Crippen molar-refractivity contribution in [3.05, 3.63) is 29.3 Å². The van der Waals surface area contributed by atoms with Gasteiger partial charge in [-0.2, -0.15) is 0 Å². The molecule has 0 saturated carbocycles. The number of likely N-dealkylation sites (N-methyl/N-ethyl adjacent to an activating group) is 1. The summed E-state index contributed by atoms with van der Waals surface area (Å²) in [6, 6.07) is 5.85. The van der Waals surface area contributed by atoms with Crippen LogP contribution < -0.4 is 10.2 Å². The zero-order valence-corrected chi connectivity index (χ0v) is 12.8. The molecule has 0 spiro atoms. The Kier molecular flexibility index (Phi) is 3.88. The van der Waals surface area contributed by atoms with Gasteiger partial charge in [-0.15, -0.1) is 0 Å². The van der Waals surface area contributed by atoms with Crippen LogP contribution >= 0.6 is 0 Å². The monoisotopic (exact) mass is 304 g/mol. The van der Waals surface area contributed by atoms with Gasteiger partial charge in [-0.1, -0.05) is 6.07 Å². The number of fused-ring (bicyclic) bond motifs is 1. The summed E-state index contributed by atoms with van der Waals surface area (Å²) >= 11 is 0. The molecule has 2 heterocycles. The van der Waals surface area contributed by atoms with Gasteiger partial charge < -0.3 is 19.7 Å². The Morgan fingerprint density at radius 3 is 2.77 bits per heavy atom. The van der Waals surface area contributed by atoms with E-state index in [1.165, 1.54) is 6.92 Å². The zero-order chi connectivity index (χ0) is 15.7. The highest BCUT2D eigenvalue weighted by atomic mass is 16.7. The molecule has 0 bridgehead atoms. The van der Waals surface area contributed by atoms with E-state index >= 15 is 0 Å². The topological polar surface area (TPSA) is 67.9 Å². The van der Waals surface area contributed by atoms with Crippen molar-refractivity contribution in [3.63, 3.8) is 0 Å². The molecular weight excluding hydrogens is 284 g/mol. The maximum absolute atomic E-state index is 11.8. The molecule has 0 unspecified atom stereocenters. The maximum atomic E-state index is 11.8. The van der Waals surface area contributed by atoms with Gasteiger partial charge in [0.25, 0.3) is 0 Å². The predicted octanol–water partition coefficient (Wildman–Crippen LogP) is 0.931. The second-order valence-corrected chi connectivity index (χ2v) is 5.66. The van der Waals surface area contributed by atoms with Gasteiger partial charge in [0.15, 0.2) is 5.79 Å². The summed E-state index contributed by atoms with van der Waals surface area (Å²) in [5.41, 5.74) is 2.82. The molecule has 1 aromatic rings. The summed E-state index contributed by atoms with van der Waals surface area (Å²) in [5.74, 6) is -0.816. The molecule has 6 heteroatoms. The number of carbonyl (C=O) groups is 2. The van der Waals surface area contributed by atoms with Crippen LogP contribution in [-0.4, -0.2) is 38.6 Å². The van der Waals surface area contributed by atoms with Crippen molar-refractivity contribution in [2.75, 3.05) is 31.7 Å². The molecule has 3 rings (SSSR count). The first-order valence-corrected chi connectivity index (χ1v) is 7.44.